The van der Waals surface area contributed by atoms with E-state index in [1.807, 2.05) is 54.6 Å². The summed E-state index contributed by atoms with van der Waals surface area (Å²) >= 11 is 0. The molecule has 2 aromatic rings. The van der Waals surface area contributed by atoms with E-state index in [0.29, 0.717) is 24.4 Å². The van der Waals surface area contributed by atoms with Gasteiger partial charge in [-0.15, -0.1) is 0 Å². The molecule has 1 atom stereocenters. The molecule has 25 heavy (non-hydrogen) atoms. The summed E-state index contributed by atoms with van der Waals surface area (Å²) in [5, 5.41) is 3.51. The van der Waals surface area contributed by atoms with Crippen LogP contribution in [0.5, 0.6) is 5.75 Å². The van der Waals surface area contributed by atoms with Crippen LogP contribution in [-0.4, -0.2) is 36.2 Å². The highest BCUT2D eigenvalue weighted by Gasteiger charge is 2.25. The van der Waals surface area contributed by atoms with Crippen molar-refractivity contribution in [3.63, 3.8) is 0 Å². The Labute approximate surface area is 149 Å². The van der Waals surface area contributed by atoms with E-state index in [0.717, 1.165) is 30.5 Å². The molecule has 1 N–H and O–H groups in total. The van der Waals surface area contributed by atoms with Crippen LogP contribution in [0.25, 0.3) is 11.1 Å². The van der Waals surface area contributed by atoms with Gasteiger partial charge in [-0.1, -0.05) is 56.3 Å². The zero-order chi connectivity index (χ0) is 17.6. The molecule has 1 fully saturated rings. The summed E-state index contributed by atoms with van der Waals surface area (Å²) in [7, 11) is 0. The van der Waals surface area contributed by atoms with E-state index in [9.17, 15) is 4.79 Å². The standard InChI is InChI=1S/C21H26N2O2/c1-16(2)22-19-11-7-13-23(15-19)21(24)25-20-12-6-10-18(14-20)17-8-4-3-5-9-17/h3-6,8-10,12,14,16,19,22H,7,11,13,15H2,1-2H3. The van der Waals surface area contributed by atoms with E-state index in [1.165, 1.54) is 0 Å². The van der Waals surface area contributed by atoms with E-state index < -0.39 is 0 Å². The first kappa shape index (κ1) is 17.5. The molecule has 3 rings (SSSR count). The van der Waals surface area contributed by atoms with Crippen molar-refractivity contribution in [2.24, 2.45) is 0 Å². The van der Waals surface area contributed by atoms with Crippen molar-refractivity contribution in [2.75, 3.05) is 13.1 Å². The molecule has 1 aliphatic heterocycles. The number of likely N-dealkylation sites (tertiary alicyclic amines) is 1. The molecule has 0 aromatic heterocycles. The molecule has 1 unspecified atom stereocenters. The van der Waals surface area contributed by atoms with Crippen molar-refractivity contribution < 1.29 is 9.53 Å². The van der Waals surface area contributed by atoms with Gasteiger partial charge in [0, 0.05) is 25.2 Å². The van der Waals surface area contributed by atoms with Gasteiger partial charge in [-0.3, -0.25) is 0 Å². The molecular formula is C21H26N2O2. The van der Waals surface area contributed by atoms with Gasteiger partial charge >= 0.3 is 6.09 Å². The van der Waals surface area contributed by atoms with Crippen LogP contribution in [0.4, 0.5) is 4.79 Å². The Hall–Kier alpha value is -2.33. The smallest absolute Gasteiger partial charge is 0.410 e. The molecule has 132 valence electrons. The molecule has 0 radical (unpaired) electrons. The molecule has 1 heterocycles. The Morgan fingerprint density at radius 2 is 1.88 bits per heavy atom. The van der Waals surface area contributed by atoms with Crippen molar-refractivity contribution in [3.8, 4) is 16.9 Å². The second-order valence-corrected chi connectivity index (χ2v) is 6.87. The molecular weight excluding hydrogens is 312 g/mol. The summed E-state index contributed by atoms with van der Waals surface area (Å²) < 4.78 is 5.63. The minimum Gasteiger partial charge on any atom is -0.410 e. The van der Waals surface area contributed by atoms with Gasteiger partial charge in [0.25, 0.3) is 0 Å². The van der Waals surface area contributed by atoms with Gasteiger partial charge in [-0.25, -0.2) is 4.79 Å². The predicted octanol–water partition coefficient (Wildman–Crippen LogP) is 4.31. The SMILES string of the molecule is CC(C)NC1CCCN(C(=O)Oc2cccc(-c3ccccc3)c2)C1. The lowest BCUT2D eigenvalue weighted by molar-refractivity contribution is 0.131. The normalized spacial score (nSPS) is 17.6. The van der Waals surface area contributed by atoms with Crippen LogP contribution >= 0.6 is 0 Å². The number of hydrogen-bond acceptors (Lipinski definition) is 3. The van der Waals surface area contributed by atoms with E-state index in [2.05, 4.69) is 19.2 Å². The third-order valence-corrected chi connectivity index (χ3v) is 4.39. The van der Waals surface area contributed by atoms with Gasteiger partial charge in [0.15, 0.2) is 0 Å². The minimum atomic E-state index is -0.263. The van der Waals surface area contributed by atoms with Crippen LogP contribution in [0.2, 0.25) is 0 Å². The number of rotatable bonds is 4. The summed E-state index contributed by atoms with van der Waals surface area (Å²) in [6.07, 6.45) is 1.84. The number of carbonyl (C=O) groups excluding carboxylic acids is 1. The highest BCUT2D eigenvalue weighted by atomic mass is 16.6. The lowest BCUT2D eigenvalue weighted by Gasteiger charge is -2.33. The predicted molar refractivity (Wildman–Crippen MR) is 101 cm³/mol. The third-order valence-electron chi connectivity index (χ3n) is 4.39. The highest BCUT2D eigenvalue weighted by molar-refractivity contribution is 5.72. The largest absolute Gasteiger partial charge is 0.415 e. The van der Waals surface area contributed by atoms with Crippen LogP contribution in [0, 0.1) is 0 Å². The first-order valence-electron chi connectivity index (χ1n) is 9.00. The van der Waals surface area contributed by atoms with Crippen LogP contribution in [-0.2, 0) is 0 Å². The van der Waals surface area contributed by atoms with Crippen LogP contribution in [0.15, 0.2) is 54.6 Å². The zero-order valence-electron chi connectivity index (χ0n) is 14.9. The summed E-state index contributed by atoms with van der Waals surface area (Å²) in [5.41, 5.74) is 2.16. The molecule has 0 bridgehead atoms. The summed E-state index contributed by atoms with van der Waals surface area (Å²) in [5.74, 6) is 0.588. The molecule has 1 saturated heterocycles. The van der Waals surface area contributed by atoms with Gasteiger partial charge in [0.1, 0.15) is 5.75 Å². The number of nitrogens with one attached hydrogen (secondary N) is 1. The maximum Gasteiger partial charge on any atom is 0.415 e. The van der Waals surface area contributed by atoms with E-state index in [1.54, 1.807) is 4.90 Å². The molecule has 1 aliphatic rings. The van der Waals surface area contributed by atoms with E-state index >= 15 is 0 Å². The fraction of sp³-hybridized carbons (Fsp3) is 0.381. The van der Waals surface area contributed by atoms with Crippen molar-refractivity contribution in [2.45, 2.75) is 38.8 Å². The molecule has 4 nitrogen and oxygen atoms in total. The maximum absolute atomic E-state index is 12.5. The molecule has 0 spiro atoms. The number of carbonyl (C=O) groups is 1. The number of nitrogens with zero attached hydrogens (tertiary/aromatic N) is 1. The van der Waals surface area contributed by atoms with Crippen LogP contribution in [0.3, 0.4) is 0 Å². The van der Waals surface area contributed by atoms with Gasteiger partial charge in [0.2, 0.25) is 0 Å². The maximum atomic E-state index is 12.5. The quantitative estimate of drug-likeness (QED) is 0.903. The van der Waals surface area contributed by atoms with Gasteiger partial charge < -0.3 is 15.0 Å². The average Bonchev–Trinajstić information content (AvgIpc) is 2.62. The zero-order valence-corrected chi connectivity index (χ0v) is 14.9. The topological polar surface area (TPSA) is 41.6 Å². The molecule has 4 heteroatoms. The molecule has 0 saturated carbocycles. The van der Waals surface area contributed by atoms with Crippen LogP contribution < -0.4 is 10.1 Å². The highest BCUT2D eigenvalue weighted by Crippen LogP contribution is 2.24. The Balaban J connectivity index is 1.65. The fourth-order valence-electron chi connectivity index (χ4n) is 3.29. The number of ether oxygens (including phenoxy) is 1. The van der Waals surface area contributed by atoms with E-state index in [-0.39, 0.29) is 6.09 Å². The van der Waals surface area contributed by atoms with Gasteiger partial charge in [-0.2, -0.15) is 0 Å². The fourth-order valence-corrected chi connectivity index (χ4v) is 3.29. The van der Waals surface area contributed by atoms with E-state index in [4.69, 9.17) is 4.74 Å². The minimum absolute atomic E-state index is 0.263. The molecule has 2 aromatic carbocycles. The van der Waals surface area contributed by atoms with Crippen LogP contribution in [0.1, 0.15) is 26.7 Å². The van der Waals surface area contributed by atoms with Gasteiger partial charge in [0.05, 0.1) is 0 Å². The van der Waals surface area contributed by atoms with Crippen molar-refractivity contribution in [3.05, 3.63) is 54.6 Å². The first-order chi connectivity index (χ1) is 12.1. The second-order valence-electron chi connectivity index (χ2n) is 6.87. The third kappa shape index (κ3) is 4.83. The second kappa shape index (κ2) is 8.17. The number of hydrogen-bond donors (Lipinski definition) is 1. The Morgan fingerprint density at radius 1 is 1.12 bits per heavy atom. The van der Waals surface area contributed by atoms with Crippen molar-refractivity contribution >= 4 is 6.09 Å². The Bertz CT molecular complexity index is 700. The first-order valence-corrected chi connectivity index (χ1v) is 9.00. The summed E-state index contributed by atoms with van der Waals surface area (Å²) in [6, 6.07) is 18.6. The van der Waals surface area contributed by atoms with Gasteiger partial charge in [-0.05, 0) is 36.1 Å². The number of piperidine rings is 1. The lowest BCUT2D eigenvalue weighted by atomic mass is 10.1. The van der Waals surface area contributed by atoms with Crippen molar-refractivity contribution in [1.82, 2.24) is 10.2 Å². The van der Waals surface area contributed by atoms with Crippen molar-refractivity contribution in [1.29, 1.82) is 0 Å². The Morgan fingerprint density at radius 3 is 2.64 bits per heavy atom. The monoisotopic (exact) mass is 338 g/mol. The Kier molecular flexibility index (Phi) is 5.71. The molecule has 0 aliphatic carbocycles. The lowest BCUT2D eigenvalue weighted by Crippen LogP contribution is -2.50. The summed E-state index contributed by atoms with van der Waals surface area (Å²) in [4.78, 5) is 14.3. The number of amides is 1. The number of benzene rings is 2. The average molecular weight is 338 g/mol. The summed E-state index contributed by atoms with van der Waals surface area (Å²) in [6.45, 7) is 5.72. The molecule has 1 amide bonds.